The number of nitrogens with one attached hydrogen (secondary N) is 1. The summed E-state index contributed by atoms with van der Waals surface area (Å²) in [4.78, 5) is 28.4. The molecule has 1 N–H and O–H groups in total. The molecule has 8 nitrogen and oxygen atoms in total. The van der Waals surface area contributed by atoms with Crippen LogP contribution in [0.2, 0.25) is 0 Å². The number of benzene rings is 1. The summed E-state index contributed by atoms with van der Waals surface area (Å²) in [5.41, 5.74) is 0.582. The number of carbonyl (C=O) groups excluding carboxylic acids is 2. The van der Waals surface area contributed by atoms with E-state index >= 15 is 0 Å². The minimum absolute atomic E-state index is 0.0547. The number of hydrogen-bond acceptors (Lipinski definition) is 6. The lowest BCUT2D eigenvalue weighted by Gasteiger charge is -2.34. The predicted molar refractivity (Wildman–Crippen MR) is 99.6 cm³/mol. The number of hydrogen-bond donors (Lipinski definition) is 1. The van der Waals surface area contributed by atoms with E-state index in [0.717, 1.165) is 0 Å². The molecule has 1 aliphatic heterocycles. The highest BCUT2D eigenvalue weighted by atomic mass is 16.5. The van der Waals surface area contributed by atoms with Crippen LogP contribution in [0, 0.1) is 0 Å². The average Bonchev–Trinajstić information content (AvgIpc) is 3.24. The van der Waals surface area contributed by atoms with Crippen LogP contribution in [0.4, 0.5) is 10.5 Å². The van der Waals surface area contributed by atoms with Gasteiger partial charge in [0.15, 0.2) is 5.76 Å². The zero-order valence-electron chi connectivity index (χ0n) is 15.4. The molecule has 0 atom stereocenters. The molecule has 1 saturated heterocycles. The van der Waals surface area contributed by atoms with E-state index in [9.17, 15) is 9.59 Å². The molecule has 0 aliphatic carbocycles. The second kappa shape index (κ2) is 8.59. The Morgan fingerprint density at radius 2 is 1.89 bits per heavy atom. The Bertz CT molecular complexity index is 783. The van der Waals surface area contributed by atoms with Crippen molar-refractivity contribution in [2.45, 2.75) is 0 Å². The van der Waals surface area contributed by atoms with Crippen LogP contribution in [0.25, 0.3) is 0 Å². The van der Waals surface area contributed by atoms with Gasteiger partial charge in [-0.2, -0.15) is 0 Å². The van der Waals surface area contributed by atoms with Crippen LogP contribution in [0.3, 0.4) is 0 Å². The van der Waals surface area contributed by atoms with Gasteiger partial charge in [0, 0.05) is 32.2 Å². The predicted octanol–water partition coefficient (Wildman–Crippen LogP) is 2.33. The fourth-order valence-corrected chi connectivity index (χ4v) is 2.92. The number of ketones is 1. The van der Waals surface area contributed by atoms with Crippen LogP contribution >= 0.6 is 0 Å². The van der Waals surface area contributed by atoms with Crippen molar-refractivity contribution in [2.75, 3.05) is 52.3 Å². The van der Waals surface area contributed by atoms with Crippen LogP contribution in [0.5, 0.6) is 11.5 Å². The summed E-state index contributed by atoms with van der Waals surface area (Å²) in [7, 11) is 3.11. The summed E-state index contributed by atoms with van der Waals surface area (Å²) in [6, 6.07) is 8.38. The van der Waals surface area contributed by atoms with E-state index in [1.807, 2.05) is 4.90 Å². The monoisotopic (exact) mass is 373 g/mol. The second-order valence-electron chi connectivity index (χ2n) is 6.16. The third-order valence-electron chi connectivity index (χ3n) is 4.47. The molecule has 2 amide bonds. The quantitative estimate of drug-likeness (QED) is 0.783. The first-order chi connectivity index (χ1) is 13.1. The normalized spacial score (nSPS) is 14.7. The molecule has 0 bridgehead atoms. The molecule has 2 heterocycles. The highest BCUT2D eigenvalue weighted by molar-refractivity contribution is 5.95. The molecule has 1 fully saturated rings. The zero-order valence-corrected chi connectivity index (χ0v) is 15.4. The van der Waals surface area contributed by atoms with Gasteiger partial charge in [0.2, 0.25) is 5.78 Å². The third-order valence-corrected chi connectivity index (χ3v) is 4.47. The third kappa shape index (κ3) is 4.59. The van der Waals surface area contributed by atoms with Crippen molar-refractivity contribution in [3.8, 4) is 11.5 Å². The molecule has 8 heteroatoms. The number of methoxy groups -OCH3 is 2. The summed E-state index contributed by atoms with van der Waals surface area (Å²) in [5.74, 6) is 1.49. The minimum Gasteiger partial charge on any atom is -0.497 e. The van der Waals surface area contributed by atoms with E-state index in [1.54, 1.807) is 49.5 Å². The lowest BCUT2D eigenvalue weighted by molar-refractivity contribution is 0.0857. The summed E-state index contributed by atoms with van der Waals surface area (Å²) < 4.78 is 15.6. The maximum Gasteiger partial charge on any atom is 0.322 e. The van der Waals surface area contributed by atoms with Gasteiger partial charge in [-0.15, -0.1) is 0 Å². The number of ether oxygens (including phenoxy) is 2. The van der Waals surface area contributed by atoms with Gasteiger partial charge in [0.1, 0.15) is 11.5 Å². The number of carbonyl (C=O) groups is 2. The molecule has 0 spiro atoms. The molecule has 2 aromatic rings. The van der Waals surface area contributed by atoms with Gasteiger partial charge in [0.25, 0.3) is 0 Å². The fourth-order valence-electron chi connectivity index (χ4n) is 2.92. The van der Waals surface area contributed by atoms with Crippen LogP contribution in [0.15, 0.2) is 41.0 Å². The zero-order chi connectivity index (χ0) is 19.2. The van der Waals surface area contributed by atoms with Gasteiger partial charge in [-0.25, -0.2) is 4.79 Å². The molecule has 144 valence electrons. The molecule has 1 aromatic heterocycles. The van der Waals surface area contributed by atoms with Crippen molar-refractivity contribution >= 4 is 17.5 Å². The second-order valence-corrected chi connectivity index (χ2v) is 6.16. The maximum absolute atomic E-state index is 12.5. The summed E-state index contributed by atoms with van der Waals surface area (Å²) in [6.45, 7) is 2.61. The number of amides is 2. The Hall–Kier alpha value is -3.00. The number of piperazine rings is 1. The van der Waals surface area contributed by atoms with E-state index in [1.165, 1.54) is 6.26 Å². The van der Waals surface area contributed by atoms with Gasteiger partial charge >= 0.3 is 6.03 Å². The van der Waals surface area contributed by atoms with Crippen molar-refractivity contribution in [1.82, 2.24) is 9.80 Å². The van der Waals surface area contributed by atoms with Crippen LogP contribution in [0.1, 0.15) is 10.6 Å². The van der Waals surface area contributed by atoms with Gasteiger partial charge in [0.05, 0.1) is 32.7 Å². The molecule has 1 aliphatic rings. The Balaban J connectivity index is 1.52. The summed E-state index contributed by atoms with van der Waals surface area (Å²) in [5, 5.41) is 2.87. The van der Waals surface area contributed by atoms with Crippen molar-refractivity contribution in [3.63, 3.8) is 0 Å². The number of rotatable bonds is 6. The Kier molecular flexibility index (Phi) is 5.97. The number of furan rings is 1. The molecule has 3 rings (SSSR count). The number of nitrogens with zero attached hydrogens (tertiary/aromatic N) is 2. The van der Waals surface area contributed by atoms with E-state index in [2.05, 4.69) is 5.32 Å². The first kappa shape index (κ1) is 18.8. The lowest BCUT2D eigenvalue weighted by atomic mass is 10.2. The van der Waals surface area contributed by atoms with Crippen molar-refractivity contribution in [3.05, 3.63) is 42.4 Å². The Morgan fingerprint density at radius 3 is 2.52 bits per heavy atom. The van der Waals surface area contributed by atoms with Gasteiger partial charge in [-0.1, -0.05) is 0 Å². The first-order valence-electron chi connectivity index (χ1n) is 8.67. The number of urea groups is 1. The fraction of sp³-hybridized carbons (Fsp3) is 0.368. The van der Waals surface area contributed by atoms with E-state index in [4.69, 9.17) is 13.9 Å². The van der Waals surface area contributed by atoms with Crippen LogP contribution in [-0.2, 0) is 0 Å². The SMILES string of the molecule is COc1ccc(NC(=O)N2CCN(CC(=O)c3ccco3)CC2)c(OC)c1. The van der Waals surface area contributed by atoms with Gasteiger partial charge in [-0.3, -0.25) is 9.69 Å². The van der Waals surface area contributed by atoms with Crippen LogP contribution in [-0.4, -0.2) is 68.6 Å². The number of anilines is 1. The lowest BCUT2D eigenvalue weighted by Crippen LogP contribution is -2.51. The smallest absolute Gasteiger partial charge is 0.322 e. The van der Waals surface area contributed by atoms with E-state index in [0.29, 0.717) is 49.1 Å². The van der Waals surface area contributed by atoms with Gasteiger partial charge < -0.3 is 24.1 Å². The topological polar surface area (TPSA) is 84.3 Å². The number of Topliss-reactive ketones (excluding diaryl/α,β-unsaturated/α-hetero) is 1. The molecular formula is C19H23N3O5. The minimum atomic E-state index is -0.199. The van der Waals surface area contributed by atoms with Crippen LogP contribution < -0.4 is 14.8 Å². The molecule has 0 saturated carbocycles. The average molecular weight is 373 g/mol. The summed E-state index contributed by atoms with van der Waals surface area (Å²) in [6.07, 6.45) is 1.49. The molecule has 0 unspecified atom stereocenters. The Labute approximate surface area is 157 Å². The van der Waals surface area contributed by atoms with Gasteiger partial charge in [-0.05, 0) is 24.3 Å². The van der Waals surface area contributed by atoms with E-state index in [-0.39, 0.29) is 18.4 Å². The maximum atomic E-state index is 12.5. The van der Waals surface area contributed by atoms with E-state index < -0.39 is 0 Å². The van der Waals surface area contributed by atoms with Crippen molar-refractivity contribution < 1.29 is 23.5 Å². The first-order valence-corrected chi connectivity index (χ1v) is 8.67. The molecule has 27 heavy (non-hydrogen) atoms. The van der Waals surface area contributed by atoms with Crippen molar-refractivity contribution in [1.29, 1.82) is 0 Å². The summed E-state index contributed by atoms with van der Waals surface area (Å²) >= 11 is 0. The molecule has 1 aromatic carbocycles. The largest absolute Gasteiger partial charge is 0.497 e. The highest BCUT2D eigenvalue weighted by Crippen LogP contribution is 2.29. The standard InChI is InChI=1S/C19H23N3O5/c1-25-14-5-6-15(18(12-14)26-2)20-19(24)22-9-7-21(8-10-22)13-16(23)17-4-3-11-27-17/h3-6,11-12H,7-10,13H2,1-2H3,(H,20,24). The highest BCUT2D eigenvalue weighted by Gasteiger charge is 2.24. The molecular weight excluding hydrogens is 350 g/mol. The van der Waals surface area contributed by atoms with Crippen molar-refractivity contribution in [2.24, 2.45) is 0 Å². The molecule has 0 radical (unpaired) electrons. The Morgan fingerprint density at radius 1 is 1.11 bits per heavy atom.